The van der Waals surface area contributed by atoms with Crippen LogP contribution in [0, 0.1) is 5.82 Å². The van der Waals surface area contributed by atoms with Crippen molar-refractivity contribution in [2.75, 3.05) is 5.75 Å². The molecule has 3 nitrogen and oxygen atoms in total. The number of nitrogens with one attached hydrogen (secondary N) is 1. The second-order valence-corrected chi connectivity index (χ2v) is 5.51. The van der Waals surface area contributed by atoms with Crippen molar-refractivity contribution in [3.63, 3.8) is 0 Å². The summed E-state index contributed by atoms with van der Waals surface area (Å²) in [5, 5.41) is 12.5. The molecule has 0 aliphatic heterocycles. The minimum atomic E-state index is -0.741. The first-order valence-corrected chi connectivity index (χ1v) is 6.94. The van der Waals surface area contributed by atoms with Gasteiger partial charge in [-0.2, -0.15) is 0 Å². The Balaban J connectivity index is 1.96. The maximum Gasteiger partial charge on any atom is 0.230 e. The molecule has 0 aromatic heterocycles. The van der Waals surface area contributed by atoms with Crippen LogP contribution in [0.4, 0.5) is 4.39 Å². The maximum atomic E-state index is 13.1. The van der Waals surface area contributed by atoms with Crippen molar-refractivity contribution in [2.24, 2.45) is 0 Å². The van der Waals surface area contributed by atoms with Gasteiger partial charge in [0.1, 0.15) is 5.82 Å². The lowest BCUT2D eigenvalue weighted by Gasteiger charge is -2.11. The SMILES string of the molecule is C[C@H](O)c1cc(F)ccc1SCC(=O)NC1CC1. The van der Waals surface area contributed by atoms with Crippen LogP contribution in [0.2, 0.25) is 0 Å². The van der Waals surface area contributed by atoms with Crippen molar-refractivity contribution < 1.29 is 14.3 Å². The molecule has 0 spiro atoms. The first-order valence-electron chi connectivity index (χ1n) is 5.96. The molecule has 1 aliphatic carbocycles. The van der Waals surface area contributed by atoms with Crippen molar-refractivity contribution in [3.05, 3.63) is 29.6 Å². The molecule has 0 saturated heterocycles. The number of amides is 1. The number of aliphatic hydroxyl groups excluding tert-OH is 1. The number of halogens is 1. The summed E-state index contributed by atoms with van der Waals surface area (Å²) >= 11 is 1.32. The summed E-state index contributed by atoms with van der Waals surface area (Å²) in [5.41, 5.74) is 0.527. The van der Waals surface area contributed by atoms with E-state index in [1.807, 2.05) is 0 Å². The van der Waals surface area contributed by atoms with Gasteiger partial charge < -0.3 is 10.4 Å². The minimum absolute atomic E-state index is 0.0108. The molecule has 0 heterocycles. The van der Waals surface area contributed by atoms with Crippen molar-refractivity contribution in [1.29, 1.82) is 0 Å². The van der Waals surface area contributed by atoms with Crippen LogP contribution in [-0.2, 0) is 4.79 Å². The van der Waals surface area contributed by atoms with Gasteiger partial charge in [-0.05, 0) is 43.5 Å². The maximum absolute atomic E-state index is 13.1. The summed E-state index contributed by atoms with van der Waals surface area (Å²) in [6, 6.07) is 4.60. The number of aliphatic hydroxyl groups is 1. The standard InChI is InChI=1S/C13H16FNO2S/c1-8(16)11-6-9(14)2-5-12(11)18-7-13(17)15-10-3-4-10/h2,5-6,8,10,16H,3-4,7H2,1H3,(H,15,17)/t8-/m0/s1. The highest BCUT2D eigenvalue weighted by atomic mass is 32.2. The molecule has 0 unspecified atom stereocenters. The molecule has 2 rings (SSSR count). The van der Waals surface area contributed by atoms with Crippen LogP contribution in [0.25, 0.3) is 0 Å². The van der Waals surface area contributed by atoms with E-state index in [2.05, 4.69) is 5.32 Å². The Kier molecular flexibility index (Phi) is 4.24. The van der Waals surface area contributed by atoms with Crippen molar-refractivity contribution >= 4 is 17.7 Å². The average molecular weight is 269 g/mol. The lowest BCUT2D eigenvalue weighted by Crippen LogP contribution is -2.27. The van der Waals surface area contributed by atoms with Crippen LogP contribution in [-0.4, -0.2) is 22.8 Å². The van der Waals surface area contributed by atoms with E-state index in [4.69, 9.17) is 0 Å². The van der Waals surface area contributed by atoms with Gasteiger partial charge in [-0.25, -0.2) is 4.39 Å². The van der Waals surface area contributed by atoms with E-state index in [-0.39, 0.29) is 11.7 Å². The van der Waals surface area contributed by atoms with Gasteiger partial charge in [0.05, 0.1) is 11.9 Å². The zero-order chi connectivity index (χ0) is 13.1. The highest BCUT2D eigenvalue weighted by Gasteiger charge is 2.23. The normalized spacial score (nSPS) is 16.4. The monoisotopic (exact) mass is 269 g/mol. The lowest BCUT2D eigenvalue weighted by molar-refractivity contribution is -0.118. The predicted molar refractivity (Wildman–Crippen MR) is 68.9 cm³/mol. The van der Waals surface area contributed by atoms with E-state index in [0.717, 1.165) is 17.7 Å². The number of hydrogen-bond acceptors (Lipinski definition) is 3. The zero-order valence-corrected chi connectivity index (χ0v) is 11.0. The number of benzene rings is 1. The van der Waals surface area contributed by atoms with Gasteiger partial charge >= 0.3 is 0 Å². The third-order valence-electron chi connectivity index (χ3n) is 2.72. The molecule has 2 N–H and O–H groups in total. The van der Waals surface area contributed by atoms with Crippen LogP contribution in [0.1, 0.15) is 31.4 Å². The number of carbonyl (C=O) groups is 1. The highest BCUT2D eigenvalue weighted by molar-refractivity contribution is 8.00. The second kappa shape index (κ2) is 5.71. The summed E-state index contributed by atoms with van der Waals surface area (Å²) in [4.78, 5) is 12.3. The first kappa shape index (κ1) is 13.4. The van der Waals surface area contributed by atoms with Crippen molar-refractivity contribution in [2.45, 2.75) is 36.8 Å². The quantitative estimate of drug-likeness (QED) is 0.806. The number of carbonyl (C=O) groups excluding carboxylic acids is 1. The number of thioether (sulfide) groups is 1. The average Bonchev–Trinajstić information content (AvgIpc) is 3.11. The molecule has 1 aromatic rings. The third kappa shape index (κ3) is 3.71. The molecule has 0 radical (unpaired) electrons. The molecule has 1 aromatic carbocycles. The van der Waals surface area contributed by atoms with Crippen LogP contribution < -0.4 is 5.32 Å². The second-order valence-electron chi connectivity index (χ2n) is 4.49. The number of rotatable bonds is 5. The van der Waals surface area contributed by atoms with Crippen LogP contribution in [0.15, 0.2) is 23.1 Å². The molecule has 18 heavy (non-hydrogen) atoms. The smallest absolute Gasteiger partial charge is 0.230 e. The van der Waals surface area contributed by atoms with Gasteiger partial charge in [-0.1, -0.05) is 0 Å². The molecule has 0 bridgehead atoms. The fraction of sp³-hybridized carbons (Fsp3) is 0.462. The molecular weight excluding hydrogens is 253 g/mol. The molecule has 98 valence electrons. The summed E-state index contributed by atoms with van der Waals surface area (Å²) in [7, 11) is 0. The first-order chi connectivity index (χ1) is 8.56. The van der Waals surface area contributed by atoms with E-state index in [0.29, 0.717) is 17.4 Å². The highest BCUT2D eigenvalue weighted by Crippen LogP contribution is 2.28. The number of hydrogen-bond donors (Lipinski definition) is 2. The topological polar surface area (TPSA) is 49.3 Å². The fourth-order valence-corrected chi connectivity index (χ4v) is 2.55. The van der Waals surface area contributed by atoms with Gasteiger partial charge in [0.25, 0.3) is 0 Å². The Bertz CT molecular complexity index is 447. The van der Waals surface area contributed by atoms with Gasteiger partial charge in [-0.3, -0.25) is 4.79 Å². The molecular formula is C13H16FNO2S. The van der Waals surface area contributed by atoms with Crippen LogP contribution >= 0.6 is 11.8 Å². The summed E-state index contributed by atoms with van der Waals surface area (Å²) < 4.78 is 13.1. The lowest BCUT2D eigenvalue weighted by atomic mass is 10.1. The third-order valence-corrected chi connectivity index (χ3v) is 3.81. The van der Waals surface area contributed by atoms with Gasteiger partial charge in [0.15, 0.2) is 0 Å². The van der Waals surface area contributed by atoms with Crippen molar-refractivity contribution in [1.82, 2.24) is 5.32 Å². The largest absolute Gasteiger partial charge is 0.389 e. The van der Waals surface area contributed by atoms with Gasteiger partial charge in [-0.15, -0.1) is 11.8 Å². The molecule has 1 amide bonds. The van der Waals surface area contributed by atoms with E-state index in [9.17, 15) is 14.3 Å². The van der Waals surface area contributed by atoms with Crippen LogP contribution in [0.3, 0.4) is 0 Å². The summed E-state index contributed by atoms with van der Waals surface area (Å²) in [5.74, 6) is -0.0944. The predicted octanol–water partition coefficient (Wildman–Crippen LogP) is 2.25. The molecule has 1 saturated carbocycles. The van der Waals surface area contributed by atoms with E-state index in [1.54, 1.807) is 13.0 Å². The van der Waals surface area contributed by atoms with Gasteiger partial charge in [0.2, 0.25) is 5.91 Å². The fourth-order valence-electron chi connectivity index (χ4n) is 1.62. The van der Waals surface area contributed by atoms with E-state index >= 15 is 0 Å². The summed E-state index contributed by atoms with van der Waals surface area (Å²) in [6.45, 7) is 1.59. The minimum Gasteiger partial charge on any atom is -0.389 e. The Morgan fingerprint density at radius 2 is 2.33 bits per heavy atom. The Labute approximate surface area is 110 Å². The Hall–Kier alpha value is -1.07. The molecule has 5 heteroatoms. The van der Waals surface area contributed by atoms with Crippen LogP contribution in [0.5, 0.6) is 0 Å². The summed E-state index contributed by atoms with van der Waals surface area (Å²) in [6.07, 6.45) is 1.38. The molecule has 1 aliphatic rings. The molecule has 1 fully saturated rings. The Morgan fingerprint density at radius 3 is 2.94 bits per heavy atom. The zero-order valence-electron chi connectivity index (χ0n) is 10.1. The van der Waals surface area contributed by atoms with E-state index in [1.165, 1.54) is 23.9 Å². The van der Waals surface area contributed by atoms with Crippen molar-refractivity contribution in [3.8, 4) is 0 Å². The Morgan fingerprint density at radius 1 is 1.61 bits per heavy atom. The molecule has 1 atom stereocenters. The van der Waals surface area contributed by atoms with E-state index < -0.39 is 6.10 Å². The van der Waals surface area contributed by atoms with Gasteiger partial charge in [0, 0.05) is 10.9 Å².